The van der Waals surface area contributed by atoms with Crippen LogP contribution in [0.3, 0.4) is 0 Å². The van der Waals surface area contributed by atoms with E-state index in [2.05, 4.69) is 0 Å². The van der Waals surface area contributed by atoms with Crippen molar-refractivity contribution >= 4 is 10.0 Å². The molecule has 1 heterocycles. The van der Waals surface area contributed by atoms with Gasteiger partial charge in [0.25, 0.3) is 0 Å². The Morgan fingerprint density at radius 2 is 1.85 bits per heavy atom. The van der Waals surface area contributed by atoms with Gasteiger partial charge >= 0.3 is 0 Å². The number of hydrogen-bond donors (Lipinski definition) is 1. The van der Waals surface area contributed by atoms with Gasteiger partial charge in [-0.2, -0.15) is 4.31 Å². The van der Waals surface area contributed by atoms with Gasteiger partial charge < -0.3 is 5.11 Å². The minimum absolute atomic E-state index is 0.0175. The van der Waals surface area contributed by atoms with E-state index in [1.54, 1.807) is 0 Å². The molecule has 1 aromatic rings. The van der Waals surface area contributed by atoms with Crippen LogP contribution in [-0.4, -0.2) is 30.9 Å². The summed E-state index contributed by atoms with van der Waals surface area (Å²) in [6, 6.07) is 2.56. The summed E-state index contributed by atoms with van der Waals surface area (Å²) in [4.78, 5) is 0.0572. The molecule has 4 nitrogen and oxygen atoms in total. The van der Waals surface area contributed by atoms with Crippen LogP contribution in [0.5, 0.6) is 0 Å². The van der Waals surface area contributed by atoms with Crippen LogP contribution in [-0.2, 0) is 16.6 Å². The van der Waals surface area contributed by atoms with Crippen molar-refractivity contribution in [3.05, 3.63) is 29.1 Å². The lowest BCUT2D eigenvalue weighted by molar-refractivity contribution is 0.275. The number of hydrogen-bond acceptors (Lipinski definition) is 3. The molecule has 1 N–H and O–H groups in total. The van der Waals surface area contributed by atoms with Crippen LogP contribution in [0.25, 0.3) is 0 Å². The second-order valence-corrected chi connectivity index (χ2v) is 7.59. The van der Waals surface area contributed by atoms with E-state index in [4.69, 9.17) is 5.11 Å². The lowest BCUT2D eigenvalue weighted by Gasteiger charge is -2.17. The summed E-state index contributed by atoms with van der Waals surface area (Å²) in [6.45, 7) is 6.00. The third-order valence-electron chi connectivity index (χ3n) is 4.07. The molecule has 112 valence electrons. The summed E-state index contributed by atoms with van der Waals surface area (Å²) in [6.07, 6.45) is 0. The average molecular weight is 301 g/mol. The maximum Gasteiger partial charge on any atom is 0.243 e. The van der Waals surface area contributed by atoms with Crippen LogP contribution >= 0.6 is 0 Å². The number of rotatable bonds is 3. The number of aliphatic hydroxyl groups excluding tert-OH is 1. The third-order valence-corrected chi connectivity index (χ3v) is 5.88. The van der Waals surface area contributed by atoms with Gasteiger partial charge in [0.15, 0.2) is 0 Å². The summed E-state index contributed by atoms with van der Waals surface area (Å²) in [5, 5.41) is 9.13. The molecular weight excluding hydrogens is 281 g/mol. The van der Waals surface area contributed by atoms with Gasteiger partial charge in [-0.15, -0.1) is 0 Å². The van der Waals surface area contributed by atoms with Gasteiger partial charge in [0.1, 0.15) is 5.82 Å². The smallest absolute Gasteiger partial charge is 0.243 e. The Labute approximate surface area is 119 Å². The first-order valence-electron chi connectivity index (χ1n) is 6.67. The van der Waals surface area contributed by atoms with Crippen molar-refractivity contribution in [2.45, 2.75) is 32.3 Å². The minimum Gasteiger partial charge on any atom is -0.392 e. The molecular formula is C14H20FNO3S. The van der Waals surface area contributed by atoms with E-state index in [1.807, 2.05) is 13.8 Å². The number of aliphatic hydroxyl groups is 1. The SMILES string of the molecule is Cc1cc(S(=O)(=O)N2CC(C)C(C)C2)cc(CO)c1F. The quantitative estimate of drug-likeness (QED) is 0.927. The molecule has 0 saturated carbocycles. The summed E-state index contributed by atoms with van der Waals surface area (Å²) in [5.41, 5.74) is 0.249. The highest BCUT2D eigenvalue weighted by atomic mass is 32.2. The van der Waals surface area contributed by atoms with E-state index in [-0.39, 0.29) is 16.0 Å². The Kier molecular flexibility index (Phi) is 4.18. The fourth-order valence-electron chi connectivity index (χ4n) is 2.49. The van der Waals surface area contributed by atoms with E-state index >= 15 is 0 Å². The Balaban J connectivity index is 2.43. The Hall–Kier alpha value is -0.980. The normalized spacial score (nSPS) is 24.2. The van der Waals surface area contributed by atoms with E-state index in [1.165, 1.54) is 23.4 Å². The highest BCUT2D eigenvalue weighted by molar-refractivity contribution is 7.89. The molecule has 2 atom stereocenters. The molecule has 1 aliphatic heterocycles. The molecule has 0 aromatic heterocycles. The number of nitrogens with zero attached hydrogens (tertiary/aromatic N) is 1. The largest absolute Gasteiger partial charge is 0.392 e. The standard InChI is InChI=1S/C14H20FNO3S/c1-9-4-13(5-12(8-17)14(9)15)20(18,19)16-6-10(2)11(3)7-16/h4-5,10-11,17H,6-8H2,1-3H3. The van der Waals surface area contributed by atoms with Gasteiger partial charge in [-0.1, -0.05) is 13.8 Å². The van der Waals surface area contributed by atoms with Crippen LogP contribution in [0, 0.1) is 24.6 Å². The number of sulfonamides is 1. The second kappa shape index (κ2) is 5.42. The molecule has 2 rings (SSSR count). The number of aryl methyl sites for hydroxylation is 1. The molecule has 0 radical (unpaired) electrons. The summed E-state index contributed by atoms with van der Waals surface area (Å²) < 4.78 is 40.3. The van der Waals surface area contributed by atoms with Crippen LogP contribution in [0.1, 0.15) is 25.0 Å². The van der Waals surface area contributed by atoms with Gasteiger partial charge in [-0.25, -0.2) is 12.8 Å². The van der Waals surface area contributed by atoms with Gasteiger partial charge in [0, 0.05) is 18.7 Å². The third kappa shape index (κ3) is 2.60. The monoisotopic (exact) mass is 301 g/mol. The molecule has 0 aliphatic carbocycles. The molecule has 0 bridgehead atoms. The maximum atomic E-state index is 13.7. The molecule has 0 spiro atoms. The first-order chi connectivity index (χ1) is 9.27. The van der Waals surface area contributed by atoms with Crippen LogP contribution in [0.15, 0.2) is 17.0 Å². The Morgan fingerprint density at radius 1 is 1.30 bits per heavy atom. The molecule has 20 heavy (non-hydrogen) atoms. The summed E-state index contributed by atoms with van der Waals surface area (Å²) in [7, 11) is -3.62. The fraction of sp³-hybridized carbons (Fsp3) is 0.571. The first kappa shape index (κ1) is 15.4. The zero-order chi connectivity index (χ0) is 15.1. The van der Waals surface area contributed by atoms with Crippen LogP contribution in [0.4, 0.5) is 4.39 Å². The zero-order valence-electron chi connectivity index (χ0n) is 11.9. The van der Waals surface area contributed by atoms with Gasteiger partial charge in [0.05, 0.1) is 11.5 Å². The van der Waals surface area contributed by atoms with Crippen LogP contribution < -0.4 is 0 Å². The summed E-state index contributed by atoms with van der Waals surface area (Å²) >= 11 is 0. The maximum absolute atomic E-state index is 13.7. The molecule has 1 aromatic carbocycles. The highest BCUT2D eigenvalue weighted by Crippen LogP contribution is 2.29. The molecule has 1 aliphatic rings. The summed E-state index contributed by atoms with van der Waals surface area (Å²) in [5.74, 6) is 0.0712. The fourth-order valence-corrected chi connectivity index (χ4v) is 4.27. The highest BCUT2D eigenvalue weighted by Gasteiger charge is 2.35. The predicted octanol–water partition coefficient (Wildman–Crippen LogP) is 1.90. The Morgan fingerprint density at radius 3 is 2.35 bits per heavy atom. The molecule has 2 unspecified atom stereocenters. The van der Waals surface area contributed by atoms with E-state index < -0.39 is 22.4 Å². The second-order valence-electron chi connectivity index (χ2n) is 5.65. The number of benzene rings is 1. The lowest BCUT2D eigenvalue weighted by atomic mass is 10.0. The van der Waals surface area contributed by atoms with Crippen molar-refractivity contribution in [2.75, 3.05) is 13.1 Å². The van der Waals surface area contributed by atoms with Gasteiger partial charge in [-0.05, 0) is 36.5 Å². The van der Waals surface area contributed by atoms with Crippen LogP contribution in [0.2, 0.25) is 0 Å². The molecule has 1 fully saturated rings. The topological polar surface area (TPSA) is 57.6 Å². The Bertz CT molecular complexity index is 605. The average Bonchev–Trinajstić information content (AvgIpc) is 2.73. The van der Waals surface area contributed by atoms with Crippen molar-refractivity contribution in [3.63, 3.8) is 0 Å². The zero-order valence-corrected chi connectivity index (χ0v) is 12.7. The van der Waals surface area contributed by atoms with Crippen molar-refractivity contribution in [2.24, 2.45) is 11.8 Å². The van der Waals surface area contributed by atoms with Gasteiger partial charge in [0.2, 0.25) is 10.0 Å². The van der Waals surface area contributed by atoms with E-state index in [0.29, 0.717) is 24.9 Å². The van der Waals surface area contributed by atoms with Crippen molar-refractivity contribution in [1.82, 2.24) is 4.31 Å². The van der Waals surface area contributed by atoms with E-state index in [9.17, 15) is 12.8 Å². The number of halogens is 1. The first-order valence-corrected chi connectivity index (χ1v) is 8.11. The molecule has 0 amide bonds. The molecule has 6 heteroatoms. The lowest BCUT2D eigenvalue weighted by Crippen LogP contribution is -2.29. The predicted molar refractivity (Wildman–Crippen MR) is 74.1 cm³/mol. The minimum atomic E-state index is -3.62. The van der Waals surface area contributed by atoms with Crippen molar-refractivity contribution < 1.29 is 17.9 Å². The van der Waals surface area contributed by atoms with Gasteiger partial charge in [-0.3, -0.25) is 0 Å². The van der Waals surface area contributed by atoms with Crippen molar-refractivity contribution in [3.8, 4) is 0 Å². The van der Waals surface area contributed by atoms with Crippen molar-refractivity contribution in [1.29, 1.82) is 0 Å². The van der Waals surface area contributed by atoms with E-state index in [0.717, 1.165) is 0 Å². The molecule has 1 saturated heterocycles.